The third-order valence-corrected chi connectivity index (χ3v) is 3.07. The van der Waals surface area contributed by atoms with Crippen molar-refractivity contribution in [3.63, 3.8) is 0 Å². The molecule has 1 aliphatic rings. The van der Waals surface area contributed by atoms with Gasteiger partial charge in [-0.25, -0.2) is 4.79 Å². The summed E-state index contributed by atoms with van der Waals surface area (Å²) in [5.74, 6) is -0.246. The number of carbonyl (C=O) groups excluding carboxylic acids is 1. The van der Waals surface area contributed by atoms with Crippen molar-refractivity contribution in [2.45, 2.75) is 31.8 Å². The Labute approximate surface area is 108 Å². The molecule has 1 heterocycles. The summed E-state index contributed by atoms with van der Waals surface area (Å²) >= 11 is 0. The average molecular weight is 242 g/mol. The van der Waals surface area contributed by atoms with Crippen LogP contribution < -0.4 is 0 Å². The van der Waals surface area contributed by atoms with Gasteiger partial charge in [-0.2, -0.15) is 0 Å². The largest absolute Gasteiger partial charge is 0.447 e. The van der Waals surface area contributed by atoms with E-state index in [1.165, 1.54) is 6.08 Å². The quantitative estimate of drug-likeness (QED) is 0.735. The molecule has 0 bridgehead atoms. The summed E-state index contributed by atoms with van der Waals surface area (Å²) in [6.45, 7) is 2.13. The molecule has 0 saturated heterocycles. The Morgan fingerprint density at radius 2 is 2.06 bits per heavy atom. The molecule has 0 aromatic heterocycles. The highest BCUT2D eigenvalue weighted by atomic mass is 16.6. The van der Waals surface area contributed by atoms with Gasteiger partial charge < -0.3 is 4.74 Å². The summed E-state index contributed by atoms with van der Waals surface area (Å²) in [4.78, 5) is 11.3. The Balaban J connectivity index is 2.13. The number of carbonyl (C=O) groups is 1. The number of cyclic esters (lactones) is 1. The molecule has 0 amide bonds. The van der Waals surface area contributed by atoms with Crippen molar-refractivity contribution in [2.24, 2.45) is 0 Å². The third kappa shape index (κ3) is 3.10. The normalized spacial score (nSPS) is 22.6. The van der Waals surface area contributed by atoms with Crippen molar-refractivity contribution in [3.8, 4) is 0 Å². The second-order valence-electron chi connectivity index (χ2n) is 4.56. The summed E-state index contributed by atoms with van der Waals surface area (Å²) in [7, 11) is 0. The summed E-state index contributed by atoms with van der Waals surface area (Å²) in [6.07, 6.45) is 10.4. The highest BCUT2D eigenvalue weighted by Gasteiger charge is 2.32. The van der Waals surface area contributed by atoms with Crippen molar-refractivity contribution in [1.29, 1.82) is 0 Å². The fourth-order valence-corrected chi connectivity index (χ4v) is 2.03. The first-order valence-electron chi connectivity index (χ1n) is 6.41. The molecule has 1 unspecified atom stereocenters. The summed E-state index contributed by atoms with van der Waals surface area (Å²) < 4.78 is 5.44. The molecule has 1 aromatic rings. The van der Waals surface area contributed by atoms with Crippen LogP contribution in [0.1, 0.15) is 31.7 Å². The zero-order chi connectivity index (χ0) is 12.8. The van der Waals surface area contributed by atoms with Gasteiger partial charge in [0.1, 0.15) is 5.60 Å². The summed E-state index contributed by atoms with van der Waals surface area (Å²) in [5.41, 5.74) is 0.577. The van der Waals surface area contributed by atoms with E-state index in [2.05, 4.69) is 6.92 Å². The van der Waals surface area contributed by atoms with Gasteiger partial charge in [-0.3, -0.25) is 0 Å². The maximum atomic E-state index is 11.3. The zero-order valence-electron chi connectivity index (χ0n) is 10.6. The number of hydrogen-bond acceptors (Lipinski definition) is 2. The van der Waals surface area contributed by atoms with E-state index in [9.17, 15) is 4.79 Å². The van der Waals surface area contributed by atoms with Crippen molar-refractivity contribution in [2.75, 3.05) is 0 Å². The molecule has 0 saturated carbocycles. The van der Waals surface area contributed by atoms with Gasteiger partial charge in [0.2, 0.25) is 0 Å². The third-order valence-electron chi connectivity index (χ3n) is 3.07. The van der Waals surface area contributed by atoms with Crippen LogP contribution in [0.3, 0.4) is 0 Å². The molecule has 0 radical (unpaired) electrons. The molecule has 2 nitrogen and oxygen atoms in total. The number of rotatable bonds is 5. The van der Waals surface area contributed by atoms with E-state index < -0.39 is 5.60 Å². The number of benzene rings is 1. The Morgan fingerprint density at radius 1 is 1.28 bits per heavy atom. The molecule has 1 atom stereocenters. The topological polar surface area (TPSA) is 26.3 Å². The zero-order valence-corrected chi connectivity index (χ0v) is 10.6. The molecule has 0 spiro atoms. The molecule has 1 aromatic carbocycles. The van der Waals surface area contributed by atoms with E-state index in [-0.39, 0.29) is 5.97 Å². The van der Waals surface area contributed by atoms with E-state index in [1.807, 2.05) is 48.6 Å². The van der Waals surface area contributed by atoms with Gasteiger partial charge in [-0.1, -0.05) is 49.8 Å². The van der Waals surface area contributed by atoms with Gasteiger partial charge in [-0.15, -0.1) is 0 Å². The van der Waals surface area contributed by atoms with E-state index in [0.29, 0.717) is 0 Å². The van der Waals surface area contributed by atoms with Crippen LogP contribution in [-0.2, 0) is 9.53 Å². The van der Waals surface area contributed by atoms with Crippen molar-refractivity contribution in [1.82, 2.24) is 0 Å². The molecule has 18 heavy (non-hydrogen) atoms. The molecule has 0 aliphatic carbocycles. The van der Waals surface area contributed by atoms with E-state index in [0.717, 1.165) is 24.8 Å². The Hall–Kier alpha value is -1.83. The fourth-order valence-electron chi connectivity index (χ4n) is 2.03. The predicted molar refractivity (Wildman–Crippen MR) is 73.0 cm³/mol. The first-order chi connectivity index (χ1) is 8.74. The molecule has 0 N–H and O–H groups in total. The van der Waals surface area contributed by atoms with Crippen molar-refractivity contribution in [3.05, 3.63) is 54.1 Å². The molecule has 0 fully saturated rings. The molecular weight excluding hydrogens is 224 g/mol. The van der Waals surface area contributed by atoms with Crippen LogP contribution in [0.2, 0.25) is 0 Å². The van der Waals surface area contributed by atoms with Crippen LogP contribution in [0.15, 0.2) is 48.6 Å². The first-order valence-corrected chi connectivity index (χ1v) is 6.41. The average Bonchev–Trinajstić information content (AvgIpc) is 2.78. The Kier molecular flexibility index (Phi) is 3.98. The maximum Gasteiger partial charge on any atom is 0.331 e. The number of unbranched alkanes of at least 4 members (excludes halogenated alkanes) is 1. The minimum atomic E-state index is -0.539. The standard InChI is InChI=1S/C16H18O2/c1-2-3-11-16(13-10-15(17)18-16)12-9-14-7-5-4-6-8-14/h4-10,12-13H,2-3,11H2,1H3/b12-9+. The van der Waals surface area contributed by atoms with Crippen LogP contribution >= 0.6 is 0 Å². The van der Waals surface area contributed by atoms with Crippen LogP contribution in [-0.4, -0.2) is 11.6 Å². The second-order valence-corrected chi connectivity index (χ2v) is 4.56. The molecule has 2 rings (SSSR count). The van der Waals surface area contributed by atoms with E-state index in [4.69, 9.17) is 4.74 Å². The summed E-state index contributed by atoms with van der Waals surface area (Å²) in [6, 6.07) is 10.0. The predicted octanol–water partition coefficient (Wildman–Crippen LogP) is 3.74. The van der Waals surface area contributed by atoms with E-state index >= 15 is 0 Å². The van der Waals surface area contributed by atoms with Gasteiger partial charge in [0.15, 0.2) is 0 Å². The number of esters is 1. The lowest BCUT2D eigenvalue weighted by molar-refractivity contribution is -0.142. The number of hydrogen-bond donors (Lipinski definition) is 0. The SMILES string of the molecule is CCCCC1(/C=C/c2ccccc2)C=CC(=O)O1. The first kappa shape index (κ1) is 12.6. The second kappa shape index (κ2) is 5.67. The minimum absolute atomic E-state index is 0.246. The van der Waals surface area contributed by atoms with Gasteiger partial charge in [0, 0.05) is 6.08 Å². The van der Waals surface area contributed by atoms with Gasteiger partial charge >= 0.3 is 5.97 Å². The maximum absolute atomic E-state index is 11.3. The highest BCUT2D eigenvalue weighted by Crippen LogP contribution is 2.28. The van der Waals surface area contributed by atoms with Crippen LogP contribution in [0.5, 0.6) is 0 Å². The lowest BCUT2D eigenvalue weighted by Gasteiger charge is -2.22. The van der Waals surface area contributed by atoms with Crippen LogP contribution in [0, 0.1) is 0 Å². The van der Waals surface area contributed by atoms with Gasteiger partial charge in [-0.05, 0) is 30.6 Å². The Bertz CT molecular complexity index is 459. The Morgan fingerprint density at radius 3 is 2.67 bits per heavy atom. The van der Waals surface area contributed by atoms with Crippen LogP contribution in [0.25, 0.3) is 6.08 Å². The molecule has 2 heteroatoms. The lowest BCUT2D eigenvalue weighted by atomic mass is 9.95. The number of ether oxygens (including phenoxy) is 1. The van der Waals surface area contributed by atoms with Crippen LogP contribution in [0.4, 0.5) is 0 Å². The van der Waals surface area contributed by atoms with E-state index in [1.54, 1.807) is 0 Å². The monoisotopic (exact) mass is 242 g/mol. The fraction of sp³-hybridized carbons (Fsp3) is 0.312. The van der Waals surface area contributed by atoms with Gasteiger partial charge in [0.05, 0.1) is 0 Å². The minimum Gasteiger partial charge on any atom is -0.447 e. The van der Waals surface area contributed by atoms with Gasteiger partial charge in [0.25, 0.3) is 0 Å². The molecular formula is C16H18O2. The smallest absolute Gasteiger partial charge is 0.331 e. The highest BCUT2D eigenvalue weighted by molar-refractivity contribution is 5.85. The summed E-state index contributed by atoms with van der Waals surface area (Å²) in [5, 5.41) is 0. The van der Waals surface area contributed by atoms with Crippen molar-refractivity contribution >= 4 is 12.0 Å². The van der Waals surface area contributed by atoms with Crippen molar-refractivity contribution < 1.29 is 9.53 Å². The molecule has 94 valence electrons. The lowest BCUT2D eigenvalue weighted by Crippen LogP contribution is -2.25. The molecule has 1 aliphatic heterocycles.